The Labute approximate surface area is 125 Å². The molecule has 1 aliphatic heterocycles. The zero-order chi connectivity index (χ0) is 15.0. The molecule has 0 spiro atoms. The first-order valence-electron chi connectivity index (χ1n) is 7.31. The van der Waals surface area contributed by atoms with Gasteiger partial charge in [0.1, 0.15) is 17.1 Å². The van der Waals surface area contributed by atoms with Gasteiger partial charge in [-0.25, -0.2) is 0 Å². The van der Waals surface area contributed by atoms with Gasteiger partial charge in [0.05, 0.1) is 0 Å². The van der Waals surface area contributed by atoms with Gasteiger partial charge in [-0.1, -0.05) is 29.9 Å². The van der Waals surface area contributed by atoms with Crippen molar-refractivity contribution in [3.63, 3.8) is 0 Å². The summed E-state index contributed by atoms with van der Waals surface area (Å²) in [6.45, 7) is 5.93. The van der Waals surface area contributed by atoms with Gasteiger partial charge in [-0.3, -0.25) is 0 Å². The van der Waals surface area contributed by atoms with Gasteiger partial charge in [0.25, 0.3) is 0 Å². The van der Waals surface area contributed by atoms with E-state index >= 15 is 0 Å². The minimum Gasteiger partial charge on any atom is -0.456 e. The van der Waals surface area contributed by atoms with Crippen molar-refractivity contribution in [2.24, 2.45) is 0 Å². The molecule has 0 aromatic heterocycles. The highest BCUT2D eigenvalue weighted by Crippen LogP contribution is 2.42. The average Bonchev–Trinajstić information content (AvgIpc) is 2.59. The smallest absolute Gasteiger partial charge is 0.141 e. The molecule has 0 aromatic carbocycles. The number of hydrogen-bond acceptors (Lipinski definition) is 2. The molecule has 1 atom stereocenters. The lowest BCUT2D eigenvalue weighted by Crippen LogP contribution is -2.35. The zero-order valence-electron chi connectivity index (χ0n) is 12.7. The SMILES string of the molecule is CC1=C=CC2=C(C=C1)C(C)(O)C1=C/C/C=C(/C)C/C=C\1O2. The van der Waals surface area contributed by atoms with Crippen LogP contribution >= 0.6 is 0 Å². The zero-order valence-corrected chi connectivity index (χ0v) is 12.7. The molecule has 2 heteroatoms. The molecule has 2 aliphatic carbocycles. The average molecular weight is 280 g/mol. The number of fused-ring (bicyclic) bond motifs is 1. The number of rotatable bonds is 0. The molecule has 3 rings (SSSR count). The Morgan fingerprint density at radius 1 is 1.19 bits per heavy atom. The van der Waals surface area contributed by atoms with Crippen LogP contribution in [-0.2, 0) is 4.74 Å². The topological polar surface area (TPSA) is 29.5 Å². The number of hydrogen-bond donors (Lipinski definition) is 1. The predicted molar refractivity (Wildman–Crippen MR) is 84.3 cm³/mol. The van der Waals surface area contributed by atoms with Gasteiger partial charge < -0.3 is 9.84 Å². The Kier molecular flexibility index (Phi) is 3.36. The molecule has 1 N–H and O–H groups in total. The maximum absolute atomic E-state index is 11.1. The van der Waals surface area contributed by atoms with Gasteiger partial charge in [0.15, 0.2) is 0 Å². The van der Waals surface area contributed by atoms with E-state index in [1.165, 1.54) is 5.57 Å². The van der Waals surface area contributed by atoms with Crippen molar-refractivity contribution in [1.29, 1.82) is 0 Å². The van der Waals surface area contributed by atoms with Crippen LogP contribution in [0.3, 0.4) is 0 Å². The molecule has 0 radical (unpaired) electrons. The summed E-state index contributed by atoms with van der Waals surface area (Å²) in [6.07, 6.45) is 13.7. The maximum atomic E-state index is 11.1. The van der Waals surface area contributed by atoms with E-state index in [1.54, 1.807) is 0 Å². The summed E-state index contributed by atoms with van der Waals surface area (Å²) in [5.41, 5.74) is 6.09. The lowest BCUT2D eigenvalue weighted by molar-refractivity contribution is 0.112. The largest absolute Gasteiger partial charge is 0.456 e. The molecule has 3 aliphatic rings. The van der Waals surface area contributed by atoms with Gasteiger partial charge in [-0.2, -0.15) is 0 Å². The monoisotopic (exact) mass is 280 g/mol. The summed E-state index contributed by atoms with van der Waals surface area (Å²) < 4.78 is 6.04. The first-order chi connectivity index (χ1) is 9.98. The van der Waals surface area contributed by atoms with E-state index in [0.29, 0.717) is 5.76 Å². The fraction of sp³-hybridized carbons (Fsp3) is 0.316. The molecule has 0 bridgehead atoms. The van der Waals surface area contributed by atoms with Crippen LogP contribution in [0.15, 0.2) is 76.0 Å². The summed E-state index contributed by atoms with van der Waals surface area (Å²) in [5.74, 6) is 1.44. The molecular weight excluding hydrogens is 260 g/mol. The third-order valence-corrected chi connectivity index (χ3v) is 4.13. The second kappa shape index (κ2) is 5.07. The Hall–Kier alpha value is -2.02. The molecule has 0 aromatic rings. The minimum absolute atomic E-state index is 0.679. The van der Waals surface area contributed by atoms with Crippen LogP contribution in [0.25, 0.3) is 0 Å². The predicted octanol–water partition coefficient (Wildman–Crippen LogP) is 4.24. The van der Waals surface area contributed by atoms with Gasteiger partial charge in [0, 0.05) is 17.2 Å². The molecule has 0 saturated heterocycles. The molecule has 1 heterocycles. The highest BCUT2D eigenvalue weighted by Gasteiger charge is 2.39. The van der Waals surface area contributed by atoms with Crippen molar-refractivity contribution in [3.05, 3.63) is 76.0 Å². The van der Waals surface area contributed by atoms with Crippen LogP contribution < -0.4 is 0 Å². The summed E-state index contributed by atoms with van der Waals surface area (Å²) in [4.78, 5) is 0. The van der Waals surface area contributed by atoms with Crippen LogP contribution in [0.2, 0.25) is 0 Å². The molecule has 0 fully saturated rings. The molecule has 0 amide bonds. The lowest BCUT2D eigenvalue weighted by Gasteiger charge is -2.35. The highest BCUT2D eigenvalue weighted by molar-refractivity contribution is 5.55. The fourth-order valence-corrected chi connectivity index (χ4v) is 2.81. The molecule has 108 valence electrons. The van der Waals surface area contributed by atoms with Crippen molar-refractivity contribution in [2.45, 2.75) is 39.2 Å². The summed E-state index contributed by atoms with van der Waals surface area (Å²) in [6, 6.07) is 0. The van der Waals surface area contributed by atoms with E-state index in [9.17, 15) is 5.11 Å². The second-order valence-electron chi connectivity index (χ2n) is 5.93. The summed E-state index contributed by atoms with van der Waals surface area (Å²) >= 11 is 0. The minimum atomic E-state index is -1.04. The summed E-state index contributed by atoms with van der Waals surface area (Å²) in [5, 5.41) is 11.1. The quantitative estimate of drug-likeness (QED) is 0.531. The second-order valence-corrected chi connectivity index (χ2v) is 5.93. The molecule has 0 saturated carbocycles. The molecule has 1 unspecified atom stereocenters. The van der Waals surface area contributed by atoms with Crippen LogP contribution in [0.4, 0.5) is 0 Å². The van der Waals surface area contributed by atoms with E-state index in [-0.39, 0.29) is 0 Å². The highest BCUT2D eigenvalue weighted by atomic mass is 16.5. The third-order valence-electron chi connectivity index (χ3n) is 4.13. The molecule has 2 nitrogen and oxygen atoms in total. The van der Waals surface area contributed by atoms with E-state index < -0.39 is 5.60 Å². The van der Waals surface area contributed by atoms with Crippen LogP contribution in [-0.4, -0.2) is 10.7 Å². The molecule has 21 heavy (non-hydrogen) atoms. The number of ether oxygens (including phenoxy) is 1. The van der Waals surface area contributed by atoms with Gasteiger partial charge >= 0.3 is 0 Å². The Balaban J connectivity index is 2.14. The van der Waals surface area contributed by atoms with Gasteiger partial charge in [-0.05, 0) is 45.3 Å². The molecular formula is C19H20O2. The van der Waals surface area contributed by atoms with E-state index in [2.05, 4.69) is 24.8 Å². The Morgan fingerprint density at radius 2 is 2.00 bits per heavy atom. The van der Waals surface area contributed by atoms with Crippen LogP contribution in [0, 0.1) is 0 Å². The maximum Gasteiger partial charge on any atom is 0.141 e. The Bertz CT molecular complexity index is 700. The fourth-order valence-electron chi connectivity index (χ4n) is 2.81. The van der Waals surface area contributed by atoms with Crippen molar-refractivity contribution in [1.82, 2.24) is 0 Å². The van der Waals surface area contributed by atoms with Gasteiger partial charge in [-0.15, -0.1) is 5.73 Å². The van der Waals surface area contributed by atoms with Crippen LogP contribution in [0.1, 0.15) is 33.6 Å². The normalized spacial score (nSPS) is 35.4. The van der Waals surface area contributed by atoms with Gasteiger partial charge in [0.2, 0.25) is 0 Å². The lowest BCUT2D eigenvalue weighted by atomic mass is 9.81. The van der Waals surface area contributed by atoms with E-state index in [4.69, 9.17) is 4.74 Å². The number of allylic oxidation sites excluding steroid dienone is 6. The van der Waals surface area contributed by atoms with Crippen molar-refractivity contribution >= 4 is 0 Å². The Morgan fingerprint density at radius 3 is 2.81 bits per heavy atom. The van der Waals surface area contributed by atoms with E-state index in [0.717, 1.165) is 35.3 Å². The summed E-state index contributed by atoms with van der Waals surface area (Å²) in [7, 11) is 0. The first-order valence-corrected chi connectivity index (χ1v) is 7.31. The van der Waals surface area contributed by atoms with Crippen molar-refractivity contribution < 1.29 is 9.84 Å². The van der Waals surface area contributed by atoms with Crippen molar-refractivity contribution in [3.8, 4) is 0 Å². The van der Waals surface area contributed by atoms with E-state index in [1.807, 2.05) is 38.2 Å². The van der Waals surface area contributed by atoms with Crippen LogP contribution in [0.5, 0.6) is 0 Å². The van der Waals surface area contributed by atoms with Crippen molar-refractivity contribution in [2.75, 3.05) is 0 Å². The standard InChI is InChI=1S/C19H20O2/c1-13-5-4-6-15-17(11-8-13)21-18-12-9-14(2)7-10-16(18)19(15,3)20/h5-7,10-12,20H,4,8H2,1-3H3/b13-5-,15-6+,17-11+. The number of aliphatic hydroxyl groups is 1. The first kappa shape index (κ1) is 13.9. The third kappa shape index (κ3) is 2.49.